The minimum Gasteiger partial charge on any atom is -0.448 e. The second-order valence-electron chi connectivity index (χ2n) is 13.8. The van der Waals surface area contributed by atoms with Gasteiger partial charge in [-0.05, 0) is 68.5 Å². The topological polar surface area (TPSA) is 44.8 Å². The molecule has 0 spiro atoms. The zero-order valence-electron chi connectivity index (χ0n) is 28.2. The van der Waals surface area contributed by atoms with E-state index < -0.39 is 11.8 Å². The zero-order chi connectivity index (χ0) is 33.7. The summed E-state index contributed by atoms with van der Waals surface area (Å²) in [5.41, 5.74) is 7.26. The molecule has 0 amide bonds. The van der Waals surface area contributed by atoms with Gasteiger partial charge >= 0.3 is 11.8 Å². The maximum atomic E-state index is 14.3. The summed E-state index contributed by atoms with van der Waals surface area (Å²) < 4.78 is 18.7. The van der Waals surface area contributed by atoms with Crippen LogP contribution in [0.4, 0.5) is 0 Å². The van der Waals surface area contributed by atoms with Gasteiger partial charge in [0.25, 0.3) is 0 Å². The molecular formula is C43H44O4. The first-order chi connectivity index (χ1) is 22.4. The van der Waals surface area contributed by atoms with Gasteiger partial charge in [-0.15, -0.1) is 6.58 Å². The number of para-hydroxylation sites is 1. The molecule has 47 heavy (non-hydrogen) atoms. The Labute approximate surface area is 279 Å². The van der Waals surface area contributed by atoms with E-state index in [9.17, 15) is 4.79 Å². The molecule has 0 heterocycles. The predicted molar refractivity (Wildman–Crippen MR) is 192 cm³/mol. The lowest BCUT2D eigenvalue weighted by Crippen LogP contribution is -2.47. The Morgan fingerprint density at radius 2 is 1.09 bits per heavy atom. The summed E-state index contributed by atoms with van der Waals surface area (Å²) in [6, 6.07) is 41.3. The number of rotatable bonds is 10. The number of carbonyl (C=O) groups is 1. The van der Waals surface area contributed by atoms with Crippen LogP contribution in [-0.2, 0) is 26.1 Å². The molecule has 0 saturated carbocycles. The molecule has 4 nitrogen and oxygen atoms in total. The fourth-order valence-electron chi connectivity index (χ4n) is 5.32. The minimum atomic E-state index is -1.90. The molecule has 0 radical (unpaired) electrons. The smallest absolute Gasteiger partial charge is 0.390 e. The first kappa shape index (κ1) is 33.4. The lowest BCUT2D eigenvalue weighted by atomic mass is 9.85. The lowest BCUT2D eigenvalue weighted by Gasteiger charge is -2.32. The molecule has 5 aromatic rings. The third-order valence-electron chi connectivity index (χ3n) is 8.13. The van der Waals surface area contributed by atoms with Crippen molar-refractivity contribution in [2.24, 2.45) is 0 Å². The molecule has 0 aromatic heterocycles. The lowest BCUT2D eigenvalue weighted by molar-refractivity contribution is -0.211. The third-order valence-corrected chi connectivity index (χ3v) is 8.13. The summed E-state index contributed by atoms with van der Waals surface area (Å²) >= 11 is 0. The van der Waals surface area contributed by atoms with Crippen LogP contribution in [0.15, 0.2) is 140 Å². The van der Waals surface area contributed by atoms with Gasteiger partial charge in [-0.2, -0.15) is 0 Å². The Morgan fingerprint density at radius 3 is 1.57 bits per heavy atom. The number of hydrogen-bond acceptors (Lipinski definition) is 4. The summed E-state index contributed by atoms with van der Waals surface area (Å²) in [6.07, 6.45) is 1.59. The van der Waals surface area contributed by atoms with Gasteiger partial charge in [0.2, 0.25) is 0 Å². The summed E-state index contributed by atoms with van der Waals surface area (Å²) in [6.45, 7) is 17.1. The standard InChI is InChI=1S/C43H44O4/c1-8-28-45-43(47-39-18-10-9-11-19-39,35-24-20-31(21-25-35)33-14-12-16-36(29-33)41(2,3)4)40(44)46-38-26-22-32(23-27-38)34-15-13-17-37(30-34)42(5,6)7/h8-27,29-30H,1,28H2,2-7H3. The van der Waals surface area contributed by atoms with Crippen LogP contribution in [0, 0.1) is 0 Å². The normalized spacial score (nSPS) is 13.0. The summed E-state index contributed by atoms with van der Waals surface area (Å²) in [7, 11) is 0. The van der Waals surface area contributed by atoms with Crippen LogP contribution in [0.2, 0.25) is 0 Å². The number of carbonyl (C=O) groups excluding carboxylic acids is 1. The fourth-order valence-corrected chi connectivity index (χ4v) is 5.32. The molecule has 0 aliphatic heterocycles. The quantitative estimate of drug-likeness (QED) is 0.0671. The Morgan fingerprint density at radius 1 is 0.574 bits per heavy atom. The Balaban J connectivity index is 1.49. The number of benzene rings is 5. The third kappa shape index (κ3) is 7.90. The van der Waals surface area contributed by atoms with Crippen LogP contribution in [0.1, 0.15) is 58.2 Å². The molecule has 0 saturated heterocycles. The number of hydrogen-bond donors (Lipinski definition) is 0. The molecule has 1 unspecified atom stereocenters. The maximum Gasteiger partial charge on any atom is 0.390 e. The van der Waals surface area contributed by atoms with E-state index in [1.165, 1.54) is 11.1 Å². The molecular weight excluding hydrogens is 580 g/mol. The SMILES string of the molecule is C=CCOC(Oc1ccccc1)(C(=O)Oc1ccc(-c2cccc(C(C)(C)C)c2)cc1)c1ccc(-c2cccc(C(C)(C)C)c2)cc1. The maximum absolute atomic E-state index is 14.3. The second kappa shape index (κ2) is 13.8. The van der Waals surface area contributed by atoms with Gasteiger partial charge in [-0.25, -0.2) is 4.79 Å². The van der Waals surface area contributed by atoms with Crippen molar-refractivity contribution < 1.29 is 19.0 Å². The van der Waals surface area contributed by atoms with Crippen molar-refractivity contribution in [1.29, 1.82) is 0 Å². The van der Waals surface area contributed by atoms with Gasteiger partial charge in [0.1, 0.15) is 11.5 Å². The second-order valence-corrected chi connectivity index (χ2v) is 13.8. The first-order valence-electron chi connectivity index (χ1n) is 16.0. The summed E-state index contributed by atoms with van der Waals surface area (Å²) in [5, 5.41) is 0. The minimum absolute atomic E-state index is 0.0194. The zero-order valence-corrected chi connectivity index (χ0v) is 28.2. The molecule has 0 aliphatic rings. The van der Waals surface area contributed by atoms with Crippen LogP contribution in [0.25, 0.3) is 22.3 Å². The van der Waals surface area contributed by atoms with Crippen molar-refractivity contribution in [2.75, 3.05) is 6.61 Å². The van der Waals surface area contributed by atoms with E-state index in [4.69, 9.17) is 14.2 Å². The van der Waals surface area contributed by atoms with E-state index in [1.54, 1.807) is 30.3 Å². The van der Waals surface area contributed by atoms with Gasteiger partial charge in [-0.1, -0.05) is 151 Å². The van der Waals surface area contributed by atoms with Crippen molar-refractivity contribution >= 4 is 5.97 Å². The van der Waals surface area contributed by atoms with E-state index in [0.29, 0.717) is 17.1 Å². The highest BCUT2D eigenvalue weighted by molar-refractivity contribution is 5.83. The number of ether oxygens (including phenoxy) is 3. The highest BCUT2D eigenvalue weighted by Gasteiger charge is 2.47. The van der Waals surface area contributed by atoms with E-state index >= 15 is 0 Å². The molecule has 4 heteroatoms. The van der Waals surface area contributed by atoms with Gasteiger partial charge < -0.3 is 14.2 Å². The Bertz CT molecular complexity index is 1810. The Hall–Kier alpha value is -4.93. The van der Waals surface area contributed by atoms with Crippen molar-refractivity contribution in [3.8, 4) is 33.8 Å². The number of esters is 1. The molecule has 240 valence electrons. The van der Waals surface area contributed by atoms with Crippen LogP contribution in [0.5, 0.6) is 11.5 Å². The molecule has 0 bridgehead atoms. The molecule has 0 N–H and O–H groups in total. The van der Waals surface area contributed by atoms with E-state index in [-0.39, 0.29) is 17.4 Å². The molecule has 1 atom stereocenters. The van der Waals surface area contributed by atoms with Crippen molar-refractivity contribution in [2.45, 2.75) is 58.2 Å². The van der Waals surface area contributed by atoms with E-state index in [0.717, 1.165) is 22.3 Å². The molecule has 0 aliphatic carbocycles. The van der Waals surface area contributed by atoms with Crippen LogP contribution < -0.4 is 9.47 Å². The van der Waals surface area contributed by atoms with Gasteiger partial charge in [0.05, 0.1) is 6.61 Å². The molecule has 5 rings (SSSR count). The summed E-state index contributed by atoms with van der Waals surface area (Å²) in [5.74, 6) is -1.76. The van der Waals surface area contributed by atoms with Gasteiger partial charge in [0.15, 0.2) is 0 Å². The molecule has 5 aromatic carbocycles. The largest absolute Gasteiger partial charge is 0.448 e. The van der Waals surface area contributed by atoms with Crippen LogP contribution in [0.3, 0.4) is 0 Å². The fraction of sp³-hybridized carbons (Fsp3) is 0.233. The average molecular weight is 625 g/mol. The van der Waals surface area contributed by atoms with Gasteiger partial charge in [0, 0.05) is 5.56 Å². The Kier molecular flexibility index (Phi) is 9.83. The highest BCUT2D eigenvalue weighted by Crippen LogP contribution is 2.35. The monoisotopic (exact) mass is 624 g/mol. The molecule has 0 fully saturated rings. The summed E-state index contributed by atoms with van der Waals surface area (Å²) in [4.78, 5) is 14.3. The van der Waals surface area contributed by atoms with Crippen LogP contribution in [-0.4, -0.2) is 12.6 Å². The van der Waals surface area contributed by atoms with Crippen molar-refractivity contribution in [3.05, 3.63) is 157 Å². The first-order valence-corrected chi connectivity index (χ1v) is 16.0. The van der Waals surface area contributed by atoms with Crippen molar-refractivity contribution in [1.82, 2.24) is 0 Å². The van der Waals surface area contributed by atoms with Gasteiger partial charge in [-0.3, -0.25) is 0 Å². The van der Waals surface area contributed by atoms with E-state index in [2.05, 4.69) is 96.7 Å². The average Bonchev–Trinajstić information content (AvgIpc) is 3.07. The van der Waals surface area contributed by atoms with Crippen LogP contribution >= 0.6 is 0 Å². The predicted octanol–water partition coefficient (Wildman–Crippen LogP) is 10.7. The highest BCUT2D eigenvalue weighted by atomic mass is 16.7. The van der Waals surface area contributed by atoms with Crippen molar-refractivity contribution in [3.63, 3.8) is 0 Å². The van der Waals surface area contributed by atoms with E-state index in [1.807, 2.05) is 54.6 Å².